The molecule has 0 atom stereocenters. The van der Waals surface area contributed by atoms with Crippen molar-refractivity contribution in [2.24, 2.45) is 0 Å². The molecule has 0 N–H and O–H groups in total. The Morgan fingerprint density at radius 1 is 0.885 bits per heavy atom. The molecule has 0 amide bonds. The minimum absolute atomic E-state index is 0.315. The predicted molar refractivity (Wildman–Crippen MR) is 104 cm³/mol. The van der Waals surface area contributed by atoms with Crippen molar-refractivity contribution < 1.29 is 8.42 Å². The largest absolute Gasteiger partial charge is 0.240 e. The fourth-order valence-electron chi connectivity index (χ4n) is 3.10. The van der Waals surface area contributed by atoms with Crippen molar-refractivity contribution in [3.05, 3.63) is 78.5 Å². The highest BCUT2D eigenvalue weighted by Gasteiger charge is 2.17. The third-order valence-corrected chi connectivity index (χ3v) is 5.54. The average molecular weight is 362 g/mol. The lowest BCUT2D eigenvalue weighted by atomic mass is 9.99. The minimum Gasteiger partial charge on any atom is -0.240 e. The van der Waals surface area contributed by atoms with Crippen LogP contribution in [-0.4, -0.2) is 24.3 Å². The average Bonchev–Trinajstić information content (AvgIpc) is 3.00. The zero-order valence-electron chi connectivity index (χ0n) is 14.5. The van der Waals surface area contributed by atoms with Crippen LogP contribution in [0.2, 0.25) is 0 Å². The zero-order chi connectivity index (χ0) is 18.3. The van der Waals surface area contributed by atoms with Crippen molar-refractivity contribution >= 4 is 15.4 Å². The number of hydrogen-bond donors (Lipinski definition) is 0. The Kier molecular flexibility index (Phi) is 3.89. The number of benzene rings is 2. The smallest absolute Gasteiger partial charge is 0.175 e. The van der Waals surface area contributed by atoms with Gasteiger partial charge in [-0.25, -0.2) is 12.9 Å². The molecule has 130 valence electrons. The summed E-state index contributed by atoms with van der Waals surface area (Å²) in [5.41, 5.74) is 5.98. The van der Waals surface area contributed by atoms with Crippen molar-refractivity contribution in [3.8, 4) is 22.4 Å². The van der Waals surface area contributed by atoms with Gasteiger partial charge in [0.25, 0.3) is 0 Å². The number of rotatable bonds is 3. The molecule has 0 saturated heterocycles. The van der Waals surface area contributed by atoms with Crippen molar-refractivity contribution in [2.45, 2.75) is 11.8 Å². The van der Waals surface area contributed by atoms with Crippen LogP contribution in [0.15, 0.2) is 77.8 Å². The van der Waals surface area contributed by atoms with Gasteiger partial charge in [0.1, 0.15) is 5.69 Å². The lowest BCUT2D eigenvalue weighted by molar-refractivity contribution is 0.602. The van der Waals surface area contributed by atoms with Crippen LogP contribution in [0, 0.1) is 6.92 Å². The van der Waals surface area contributed by atoms with Crippen LogP contribution in [0.3, 0.4) is 0 Å². The maximum atomic E-state index is 11.8. The maximum absolute atomic E-state index is 11.8. The van der Waals surface area contributed by atoms with E-state index in [1.165, 1.54) is 6.26 Å². The molecule has 5 heteroatoms. The molecule has 0 aliphatic rings. The fraction of sp³-hybridized carbons (Fsp3) is 0.0952. The Labute approximate surface area is 152 Å². The van der Waals surface area contributed by atoms with E-state index in [4.69, 9.17) is 5.10 Å². The Morgan fingerprint density at radius 2 is 1.58 bits per heavy atom. The van der Waals surface area contributed by atoms with E-state index in [1.54, 1.807) is 12.1 Å². The highest BCUT2D eigenvalue weighted by Crippen LogP contribution is 2.35. The summed E-state index contributed by atoms with van der Waals surface area (Å²) in [6, 6.07) is 21.1. The van der Waals surface area contributed by atoms with Crippen LogP contribution in [0.25, 0.3) is 27.9 Å². The second kappa shape index (κ2) is 6.11. The summed E-state index contributed by atoms with van der Waals surface area (Å²) in [5, 5.41) is 4.77. The first kappa shape index (κ1) is 16.5. The zero-order valence-corrected chi connectivity index (χ0v) is 15.4. The van der Waals surface area contributed by atoms with Crippen molar-refractivity contribution in [2.75, 3.05) is 6.26 Å². The van der Waals surface area contributed by atoms with Crippen molar-refractivity contribution in [3.63, 3.8) is 0 Å². The molecule has 2 aromatic carbocycles. The molecular formula is C21H18N2O2S. The lowest BCUT2D eigenvalue weighted by Crippen LogP contribution is -1.96. The standard InChI is InChI=1S/C21H18N2O2S/c1-15-12-13-23-19(14-15)20(21(22-23)17-6-4-3-5-7-17)16-8-10-18(11-9-16)26(2,24)25/h3-14H,1-2H3. The van der Waals surface area contributed by atoms with Crippen LogP contribution in [-0.2, 0) is 9.84 Å². The number of hydrogen-bond acceptors (Lipinski definition) is 3. The van der Waals surface area contributed by atoms with Gasteiger partial charge in [-0.2, -0.15) is 5.10 Å². The van der Waals surface area contributed by atoms with E-state index in [-0.39, 0.29) is 0 Å². The number of aryl methyl sites for hydroxylation is 1. The Bertz CT molecular complexity index is 1190. The topological polar surface area (TPSA) is 51.4 Å². The van der Waals surface area contributed by atoms with Gasteiger partial charge in [-0.05, 0) is 42.3 Å². The van der Waals surface area contributed by atoms with Gasteiger partial charge in [0.05, 0.1) is 10.4 Å². The SMILES string of the molecule is Cc1ccn2nc(-c3ccccc3)c(-c3ccc(S(C)(=O)=O)cc3)c2c1. The number of aromatic nitrogens is 2. The molecule has 4 rings (SSSR count). The van der Waals surface area contributed by atoms with Crippen molar-refractivity contribution in [1.29, 1.82) is 0 Å². The Morgan fingerprint density at radius 3 is 2.23 bits per heavy atom. The molecule has 2 aromatic heterocycles. The molecule has 4 nitrogen and oxygen atoms in total. The first-order valence-corrected chi connectivity index (χ1v) is 10.2. The van der Waals surface area contributed by atoms with Gasteiger partial charge >= 0.3 is 0 Å². The Balaban J connectivity index is 1.99. The van der Waals surface area contributed by atoms with E-state index in [9.17, 15) is 8.42 Å². The first-order chi connectivity index (χ1) is 12.4. The quantitative estimate of drug-likeness (QED) is 0.543. The van der Waals surface area contributed by atoms with Gasteiger partial charge in [0.15, 0.2) is 9.84 Å². The maximum Gasteiger partial charge on any atom is 0.175 e. The molecular weight excluding hydrogens is 344 g/mol. The third kappa shape index (κ3) is 2.91. The van der Waals surface area contributed by atoms with Crippen molar-refractivity contribution in [1.82, 2.24) is 9.61 Å². The molecule has 0 aliphatic carbocycles. The molecule has 0 unspecified atom stereocenters. The van der Waals surface area contributed by atoms with Gasteiger partial charge in [-0.1, -0.05) is 42.5 Å². The van der Waals surface area contributed by atoms with E-state index in [2.05, 4.69) is 6.07 Å². The number of nitrogens with zero attached hydrogens (tertiary/aromatic N) is 2. The summed E-state index contributed by atoms with van der Waals surface area (Å²) in [4.78, 5) is 0.315. The third-order valence-electron chi connectivity index (χ3n) is 4.41. The van der Waals surface area contributed by atoms with Crippen LogP contribution in [0.5, 0.6) is 0 Å². The van der Waals surface area contributed by atoms with Crippen LogP contribution < -0.4 is 0 Å². The van der Waals surface area contributed by atoms with Crippen LogP contribution >= 0.6 is 0 Å². The highest BCUT2D eigenvalue weighted by molar-refractivity contribution is 7.90. The lowest BCUT2D eigenvalue weighted by Gasteiger charge is -2.06. The summed E-state index contributed by atoms with van der Waals surface area (Å²) in [5.74, 6) is 0. The van der Waals surface area contributed by atoms with Gasteiger partial charge < -0.3 is 0 Å². The molecule has 0 fully saturated rings. The number of pyridine rings is 1. The van der Waals surface area contributed by atoms with E-state index >= 15 is 0 Å². The van der Waals surface area contributed by atoms with Gasteiger partial charge in [0.2, 0.25) is 0 Å². The summed E-state index contributed by atoms with van der Waals surface area (Å²) in [7, 11) is -3.22. The van der Waals surface area contributed by atoms with E-state index in [1.807, 2.05) is 66.2 Å². The predicted octanol–water partition coefficient (Wildman–Crippen LogP) is 4.38. The fourth-order valence-corrected chi connectivity index (χ4v) is 3.73. The summed E-state index contributed by atoms with van der Waals surface area (Å²) in [6.07, 6.45) is 3.17. The summed E-state index contributed by atoms with van der Waals surface area (Å²) >= 11 is 0. The second-order valence-corrected chi connectivity index (χ2v) is 8.44. The molecule has 0 saturated carbocycles. The molecule has 0 bridgehead atoms. The Hall–Kier alpha value is -2.92. The minimum atomic E-state index is -3.22. The molecule has 26 heavy (non-hydrogen) atoms. The molecule has 4 aromatic rings. The normalized spacial score (nSPS) is 11.8. The van der Waals surface area contributed by atoms with Gasteiger partial charge in [0, 0.05) is 23.6 Å². The summed E-state index contributed by atoms with van der Waals surface area (Å²) in [6.45, 7) is 2.05. The van der Waals surface area contributed by atoms with Gasteiger partial charge in [-0.3, -0.25) is 0 Å². The van der Waals surface area contributed by atoms with E-state index < -0.39 is 9.84 Å². The number of fused-ring (bicyclic) bond motifs is 1. The van der Waals surface area contributed by atoms with Crippen LogP contribution in [0.1, 0.15) is 5.56 Å². The van der Waals surface area contributed by atoms with Crippen LogP contribution in [0.4, 0.5) is 0 Å². The van der Waals surface area contributed by atoms with E-state index in [0.717, 1.165) is 33.5 Å². The van der Waals surface area contributed by atoms with E-state index in [0.29, 0.717) is 4.90 Å². The monoisotopic (exact) mass is 362 g/mol. The molecule has 0 radical (unpaired) electrons. The number of sulfone groups is 1. The first-order valence-electron chi connectivity index (χ1n) is 8.28. The molecule has 0 spiro atoms. The molecule has 0 aliphatic heterocycles. The highest BCUT2D eigenvalue weighted by atomic mass is 32.2. The summed E-state index contributed by atoms with van der Waals surface area (Å²) < 4.78 is 25.4. The molecule has 2 heterocycles. The van der Waals surface area contributed by atoms with Gasteiger partial charge in [-0.15, -0.1) is 0 Å². The second-order valence-electron chi connectivity index (χ2n) is 6.42.